The van der Waals surface area contributed by atoms with Gasteiger partial charge in [-0.3, -0.25) is 4.79 Å². The molecule has 2 rings (SSSR count). The number of hydrogen-bond acceptors (Lipinski definition) is 3. The van der Waals surface area contributed by atoms with Crippen molar-refractivity contribution in [2.45, 2.75) is 6.42 Å². The summed E-state index contributed by atoms with van der Waals surface area (Å²) >= 11 is 0. The molecule has 0 bridgehead atoms. The zero-order chi connectivity index (χ0) is 11.5. The molecular weight excluding hydrogens is 211 g/mol. The van der Waals surface area contributed by atoms with Gasteiger partial charge in [-0.05, 0) is 24.6 Å². The van der Waals surface area contributed by atoms with Gasteiger partial charge in [-0.2, -0.15) is 0 Å². The van der Waals surface area contributed by atoms with E-state index in [9.17, 15) is 9.18 Å². The third-order valence-electron chi connectivity index (χ3n) is 2.56. The van der Waals surface area contributed by atoms with Crippen molar-refractivity contribution in [1.82, 2.24) is 0 Å². The molecule has 0 aliphatic carbocycles. The molecule has 1 atom stereocenters. The van der Waals surface area contributed by atoms with Crippen LogP contribution in [0.15, 0.2) is 18.2 Å². The van der Waals surface area contributed by atoms with Gasteiger partial charge in [0.25, 0.3) is 0 Å². The van der Waals surface area contributed by atoms with Crippen LogP contribution >= 0.6 is 0 Å². The molecule has 0 saturated carbocycles. The Bertz CT molecular complexity index is 403. The van der Waals surface area contributed by atoms with Crippen LogP contribution in [0.4, 0.5) is 15.8 Å². The minimum Gasteiger partial charge on any atom is -0.396 e. The fraction of sp³-hybridized carbons (Fsp3) is 0.364. The van der Waals surface area contributed by atoms with Gasteiger partial charge in [0.1, 0.15) is 5.82 Å². The van der Waals surface area contributed by atoms with Crippen molar-refractivity contribution in [2.24, 2.45) is 5.92 Å². The Hall–Kier alpha value is -1.62. The predicted octanol–water partition coefficient (Wildman–Crippen LogP) is 1.38. The third kappa shape index (κ3) is 2.30. The lowest BCUT2D eigenvalue weighted by molar-refractivity contribution is -0.119. The fourth-order valence-electron chi connectivity index (χ4n) is 1.61. The smallest absolute Gasteiger partial charge is 0.229 e. The van der Waals surface area contributed by atoms with Gasteiger partial charge in [0.15, 0.2) is 0 Å². The van der Waals surface area contributed by atoms with Crippen LogP contribution < -0.4 is 11.1 Å². The second kappa shape index (κ2) is 4.49. The van der Waals surface area contributed by atoms with Crippen LogP contribution in [0.3, 0.4) is 0 Å². The first kappa shape index (κ1) is 10.9. The molecule has 4 nitrogen and oxygen atoms in total. The Morgan fingerprint density at radius 2 is 2.38 bits per heavy atom. The highest BCUT2D eigenvalue weighted by Gasteiger charge is 2.23. The zero-order valence-corrected chi connectivity index (χ0v) is 8.70. The Kier molecular flexibility index (Phi) is 3.05. The van der Waals surface area contributed by atoms with E-state index in [4.69, 9.17) is 10.5 Å². The van der Waals surface area contributed by atoms with Gasteiger partial charge in [-0.1, -0.05) is 0 Å². The van der Waals surface area contributed by atoms with E-state index in [1.165, 1.54) is 18.2 Å². The Morgan fingerprint density at radius 3 is 3.00 bits per heavy atom. The average Bonchev–Trinajstić information content (AvgIpc) is 2.77. The molecule has 0 radical (unpaired) electrons. The standard InChI is InChI=1S/C11H13FN2O2/c12-9-2-1-8(5-10(9)13)14-11(15)7-3-4-16-6-7/h1-2,5,7H,3-4,6,13H2,(H,14,15). The third-order valence-corrected chi connectivity index (χ3v) is 2.56. The van der Waals surface area contributed by atoms with Crippen molar-refractivity contribution in [2.75, 3.05) is 24.3 Å². The van der Waals surface area contributed by atoms with E-state index in [1.807, 2.05) is 0 Å². The van der Waals surface area contributed by atoms with Crippen molar-refractivity contribution in [1.29, 1.82) is 0 Å². The van der Waals surface area contributed by atoms with Gasteiger partial charge in [-0.15, -0.1) is 0 Å². The topological polar surface area (TPSA) is 64.3 Å². The summed E-state index contributed by atoms with van der Waals surface area (Å²) in [5.74, 6) is -0.711. The lowest BCUT2D eigenvalue weighted by Gasteiger charge is -2.09. The van der Waals surface area contributed by atoms with Crippen LogP contribution in [0.2, 0.25) is 0 Å². The maximum absolute atomic E-state index is 12.9. The number of ether oxygens (including phenoxy) is 1. The fourth-order valence-corrected chi connectivity index (χ4v) is 1.61. The van der Waals surface area contributed by atoms with Gasteiger partial charge in [-0.25, -0.2) is 4.39 Å². The number of nitrogens with one attached hydrogen (secondary N) is 1. The maximum Gasteiger partial charge on any atom is 0.229 e. The number of carbonyl (C=O) groups is 1. The van der Waals surface area contributed by atoms with Crippen LogP contribution in [0.1, 0.15) is 6.42 Å². The molecule has 1 saturated heterocycles. The zero-order valence-electron chi connectivity index (χ0n) is 8.70. The Labute approximate surface area is 92.6 Å². The minimum atomic E-state index is -0.484. The van der Waals surface area contributed by atoms with Gasteiger partial charge in [0.2, 0.25) is 5.91 Å². The van der Waals surface area contributed by atoms with Crippen molar-refractivity contribution in [3.05, 3.63) is 24.0 Å². The maximum atomic E-state index is 12.9. The number of rotatable bonds is 2. The normalized spacial score (nSPS) is 19.7. The van der Waals surface area contributed by atoms with Crippen molar-refractivity contribution >= 4 is 17.3 Å². The predicted molar refractivity (Wildman–Crippen MR) is 58.4 cm³/mol. The van der Waals surface area contributed by atoms with Gasteiger partial charge in [0, 0.05) is 12.3 Å². The molecule has 86 valence electrons. The van der Waals surface area contributed by atoms with E-state index in [1.54, 1.807) is 0 Å². The number of hydrogen-bond donors (Lipinski definition) is 2. The summed E-state index contributed by atoms with van der Waals surface area (Å²) in [5, 5.41) is 2.69. The monoisotopic (exact) mass is 224 g/mol. The summed E-state index contributed by atoms with van der Waals surface area (Å²) in [7, 11) is 0. The van der Waals surface area contributed by atoms with Crippen LogP contribution in [0.5, 0.6) is 0 Å². The number of anilines is 2. The average molecular weight is 224 g/mol. The molecule has 1 aromatic rings. The molecule has 1 unspecified atom stereocenters. The second-order valence-corrected chi connectivity index (χ2v) is 3.79. The number of carbonyl (C=O) groups excluding carboxylic acids is 1. The molecule has 1 aliphatic heterocycles. The van der Waals surface area contributed by atoms with E-state index in [0.717, 1.165) is 6.42 Å². The molecule has 1 amide bonds. The summed E-state index contributed by atoms with van der Waals surface area (Å²) in [6, 6.07) is 4.12. The molecule has 3 N–H and O–H groups in total. The molecule has 0 aromatic heterocycles. The van der Waals surface area contributed by atoms with Crippen LogP contribution in [0, 0.1) is 11.7 Å². The summed E-state index contributed by atoms with van der Waals surface area (Å²) < 4.78 is 18.0. The quantitative estimate of drug-likeness (QED) is 0.746. The van der Waals surface area contributed by atoms with E-state index in [-0.39, 0.29) is 17.5 Å². The Morgan fingerprint density at radius 1 is 1.56 bits per heavy atom. The molecule has 1 fully saturated rings. The minimum absolute atomic E-state index is 0.0282. The van der Waals surface area contributed by atoms with Crippen molar-refractivity contribution < 1.29 is 13.9 Å². The van der Waals surface area contributed by atoms with E-state index >= 15 is 0 Å². The van der Waals surface area contributed by atoms with E-state index in [2.05, 4.69) is 5.32 Å². The van der Waals surface area contributed by atoms with Gasteiger partial charge < -0.3 is 15.8 Å². The van der Waals surface area contributed by atoms with Crippen LogP contribution in [0.25, 0.3) is 0 Å². The molecule has 5 heteroatoms. The van der Waals surface area contributed by atoms with Gasteiger partial charge >= 0.3 is 0 Å². The molecule has 1 heterocycles. The molecule has 16 heavy (non-hydrogen) atoms. The summed E-state index contributed by atoms with van der Waals surface area (Å²) in [6.45, 7) is 1.06. The number of halogens is 1. The molecular formula is C11H13FN2O2. The van der Waals surface area contributed by atoms with Gasteiger partial charge in [0.05, 0.1) is 18.2 Å². The number of amides is 1. The Balaban J connectivity index is 2.02. The molecule has 1 aliphatic rings. The highest BCUT2D eigenvalue weighted by atomic mass is 19.1. The lowest BCUT2D eigenvalue weighted by Crippen LogP contribution is -2.22. The van der Waals surface area contributed by atoms with Crippen LogP contribution in [-0.2, 0) is 9.53 Å². The summed E-state index contributed by atoms with van der Waals surface area (Å²) in [4.78, 5) is 11.7. The highest BCUT2D eigenvalue weighted by Crippen LogP contribution is 2.19. The van der Waals surface area contributed by atoms with Crippen LogP contribution in [-0.4, -0.2) is 19.1 Å². The van der Waals surface area contributed by atoms with E-state index < -0.39 is 5.82 Å². The first-order valence-corrected chi connectivity index (χ1v) is 5.10. The van der Waals surface area contributed by atoms with E-state index in [0.29, 0.717) is 18.9 Å². The first-order valence-electron chi connectivity index (χ1n) is 5.10. The SMILES string of the molecule is Nc1cc(NC(=O)C2CCOC2)ccc1F. The molecule has 0 spiro atoms. The summed E-state index contributed by atoms with van der Waals surface area (Å²) in [5.41, 5.74) is 5.94. The summed E-state index contributed by atoms with van der Waals surface area (Å²) in [6.07, 6.45) is 0.725. The number of nitrogen functional groups attached to an aromatic ring is 1. The highest BCUT2D eigenvalue weighted by molar-refractivity contribution is 5.93. The lowest BCUT2D eigenvalue weighted by atomic mass is 10.1. The number of nitrogens with two attached hydrogens (primary N) is 1. The largest absolute Gasteiger partial charge is 0.396 e. The molecule has 1 aromatic carbocycles. The van der Waals surface area contributed by atoms with Crippen molar-refractivity contribution in [3.8, 4) is 0 Å². The second-order valence-electron chi connectivity index (χ2n) is 3.79. The first-order chi connectivity index (χ1) is 7.66. The number of benzene rings is 1. The van der Waals surface area contributed by atoms with Crippen molar-refractivity contribution in [3.63, 3.8) is 0 Å².